The topological polar surface area (TPSA) is 50.8 Å². The molecule has 0 aliphatic carbocycles. The highest BCUT2D eigenvalue weighted by molar-refractivity contribution is 7.99. The summed E-state index contributed by atoms with van der Waals surface area (Å²) in [4.78, 5) is 4.40. The van der Waals surface area contributed by atoms with Crippen LogP contribution in [0.15, 0.2) is 42.1 Å². The molecule has 2 aromatic rings. The number of aromatic nitrogens is 3. The molecule has 1 aromatic carbocycles. The van der Waals surface area contributed by atoms with E-state index in [9.17, 15) is 0 Å². The first-order valence-corrected chi connectivity index (χ1v) is 6.13. The molecule has 0 bridgehead atoms. The number of aromatic amines is 1. The van der Waals surface area contributed by atoms with Crippen LogP contribution in [-0.2, 0) is 0 Å². The Morgan fingerprint density at radius 2 is 2.29 bits per heavy atom. The van der Waals surface area contributed by atoms with Crippen molar-refractivity contribution in [3.63, 3.8) is 0 Å². The summed E-state index contributed by atoms with van der Waals surface area (Å²) in [6.07, 6.45) is 1.82. The molecule has 17 heavy (non-hydrogen) atoms. The maximum atomic E-state index is 5.28. The van der Waals surface area contributed by atoms with Crippen molar-refractivity contribution >= 4 is 11.8 Å². The number of hydrogen-bond donors (Lipinski definition) is 1. The van der Waals surface area contributed by atoms with Crippen LogP contribution >= 0.6 is 11.8 Å². The number of nitrogens with one attached hydrogen (secondary N) is 1. The van der Waals surface area contributed by atoms with Gasteiger partial charge in [0.1, 0.15) is 5.75 Å². The second-order valence-electron chi connectivity index (χ2n) is 3.27. The van der Waals surface area contributed by atoms with Crippen LogP contribution in [0.4, 0.5) is 0 Å². The molecule has 2 rings (SSSR count). The minimum absolute atomic E-state index is 0.714. The number of rotatable bonds is 5. The fraction of sp³-hybridized carbons (Fsp3) is 0.167. The van der Waals surface area contributed by atoms with E-state index in [1.54, 1.807) is 7.11 Å². The van der Waals surface area contributed by atoms with Crippen LogP contribution in [-0.4, -0.2) is 28.0 Å². The normalized spacial score (nSPS) is 10.2. The maximum Gasteiger partial charge on any atom is 0.209 e. The zero-order chi connectivity index (χ0) is 12.1. The van der Waals surface area contributed by atoms with E-state index in [-0.39, 0.29) is 0 Å². The summed E-state index contributed by atoms with van der Waals surface area (Å²) in [5, 5.41) is 7.75. The van der Waals surface area contributed by atoms with E-state index < -0.39 is 0 Å². The molecule has 0 amide bonds. The molecule has 0 spiro atoms. The van der Waals surface area contributed by atoms with Gasteiger partial charge in [0.15, 0.2) is 5.82 Å². The second kappa shape index (κ2) is 5.54. The van der Waals surface area contributed by atoms with Crippen molar-refractivity contribution in [1.29, 1.82) is 0 Å². The summed E-state index contributed by atoms with van der Waals surface area (Å²) >= 11 is 1.54. The maximum absolute atomic E-state index is 5.28. The van der Waals surface area contributed by atoms with E-state index in [4.69, 9.17) is 4.74 Å². The number of para-hydroxylation sites is 1. The Morgan fingerprint density at radius 1 is 1.47 bits per heavy atom. The predicted molar refractivity (Wildman–Crippen MR) is 69.3 cm³/mol. The molecule has 0 aliphatic rings. The van der Waals surface area contributed by atoms with Gasteiger partial charge >= 0.3 is 0 Å². The molecule has 0 unspecified atom stereocenters. The molecule has 1 heterocycles. The lowest BCUT2D eigenvalue weighted by Gasteiger charge is -2.03. The standard InChI is InChI=1S/C12H13N3OS/c1-3-8-17-12-13-11(14-15-12)9-6-4-5-7-10(9)16-2/h3-7H,1,8H2,2H3,(H,13,14,15). The second-order valence-corrected chi connectivity index (χ2v) is 4.25. The quantitative estimate of drug-likeness (QED) is 0.652. The van der Waals surface area contributed by atoms with Crippen molar-refractivity contribution in [3.8, 4) is 17.1 Å². The molecule has 88 valence electrons. The Kier molecular flexibility index (Phi) is 3.82. The molecule has 4 nitrogen and oxygen atoms in total. The molecule has 1 N–H and O–H groups in total. The minimum Gasteiger partial charge on any atom is -0.496 e. The fourth-order valence-corrected chi connectivity index (χ4v) is 1.94. The number of thioether (sulfide) groups is 1. The third-order valence-electron chi connectivity index (χ3n) is 2.16. The Bertz CT molecular complexity index is 510. The molecule has 0 atom stereocenters. The SMILES string of the molecule is C=CCSc1n[nH]c(-c2ccccc2OC)n1. The Balaban J connectivity index is 2.27. The molecule has 0 saturated carbocycles. The zero-order valence-electron chi connectivity index (χ0n) is 9.51. The average molecular weight is 247 g/mol. The number of methoxy groups -OCH3 is 1. The molecule has 0 fully saturated rings. The van der Waals surface area contributed by atoms with E-state index >= 15 is 0 Å². The van der Waals surface area contributed by atoms with Gasteiger partial charge < -0.3 is 4.74 Å². The highest BCUT2D eigenvalue weighted by Crippen LogP contribution is 2.27. The molecule has 5 heteroatoms. The molecular weight excluding hydrogens is 234 g/mol. The van der Waals surface area contributed by atoms with Gasteiger partial charge in [0.2, 0.25) is 5.16 Å². The van der Waals surface area contributed by atoms with Crippen LogP contribution in [0, 0.1) is 0 Å². The first-order valence-electron chi connectivity index (χ1n) is 5.14. The van der Waals surface area contributed by atoms with E-state index in [0.29, 0.717) is 11.0 Å². The highest BCUT2D eigenvalue weighted by Gasteiger charge is 2.09. The summed E-state index contributed by atoms with van der Waals surface area (Å²) in [7, 11) is 1.64. The van der Waals surface area contributed by atoms with Crippen LogP contribution in [0.2, 0.25) is 0 Å². The lowest BCUT2D eigenvalue weighted by Crippen LogP contribution is -1.88. The summed E-state index contributed by atoms with van der Waals surface area (Å²) < 4.78 is 5.28. The van der Waals surface area contributed by atoms with E-state index in [0.717, 1.165) is 17.1 Å². The lowest BCUT2D eigenvalue weighted by atomic mass is 10.2. The van der Waals surface area contributed by atoms with E-state index in [2.05, 4.69) is 21.8 Å². The zero-order valence-corrected chi connectivity index (χ0v) is 10.3. The number of benzene rings is 1. The fourth-order valence-electron chi connectivity index (χ4n) is 1.41. The van der Waals surface area contributed by atoms with Crippen LogP contribution < -0.4 is 4.74 Å². The number of hydrogen-bond acceptors (Lipinski definition) is 4. The minimum atomic E-state index is 0.714. The van der Waals surface area contributed by atoms with Gasteiger partial charge in [-0.25, -0.2) is 4.98 Å². The third-order valence-corrected chi connectivity index (χ3v) is 3.00. The molecule has 0 aliphatic heterocycles. The largest absolute Gasteiger partial charge is 0.496 e. The predicted octanol–water partition coefficient (Wildman–Crippen LogP) is 2.76. The van der Waals surface area contributed by atoms with Gasteiger partial charge in [0, 0.05) is 5.75 Å². The van der Waals surface area contributed by atoms with Gasteiger partial charge in [-0.3, -0.25) is 5.10 Å². The van der Waals surface area contributed by atoms with Gasteiger partial charge in [-0.2, -0.15) is 0 Å². The van der Waals surface area contributed by atoms with E-state index in [1.807, 2.05) is 30.3 Å². The van der Waals surface area contributed by atoms with Crippen LogP contribution in [0.3, 0.4) is 0 Å². The third kappa shape index (κ3) is 2.68. The first kappa shape index (κ1) is 11.7. The van der Waals surface area contributed by atoms with Crippen molar-refractivity contribution in [2.75, 3.05) is 12.9 Å². The smallest absolute Gasteiger partial charge is 0.209 e. The van der Waals surface area contributed by atoms with Crippen LogP contribution in [0.25, 0.3) is 11.4 Å². The van der Waals surface area contributed by atoms with Gasteiger partial charge in [-0.05, 0) is 12.1 Å². The van der Waals surface area contributed by atoms with Gasteiger partial charge in [0.05, 0.1) is 12.7 Å². The van der Waals surface area contributed by atoms with Crippen molar-refractivity contribution in [1.82, 2.24) is 15.2 Å². The van der Waals surface area contributed by atoms with Crippen molar-refractivity contribution in [2.45, 2.75) is 5.16 Å². The van der Waals surface area contributed by atoms with Crippen molar-refractivity contribution in [2.24, 2.45) is 0 Å². The molecule has 0 radical (unpaired) electrons. The van der Waals surface area contributed by atoms with E-state index in [1.165, 1.54) is 11.8 Å². The first-order chi connectivity index (χ1) is 8.35. The summed E-state index contributed by atoms with van der Waals surface area (Å²) in [6, 6.07) is 7.71. The molecular formula is C12H13N3OS. The summed E-state index contributed by atoms with van der Waals surface area (Å²) in [5.74, 6) is 2.29. The van der Waals surface area contributed by atoms with Gasteiger partial charge in [-0.1, -0.05) is 30.0 Å². The van der Waals surface area contributed by atoms with Crippen LogP contribution in [0.5, 0.6) is 5.75 Å². The van der Waals surface area contributed by atoms with Crippen molar-refractivity contribution in [3.05, 3.63) is 36.9 Å². The average Bonchev–Trinajstić information content (AvgIpc) is 2.85. The Labute approximate surface area is 104 Å². The summed E-state index contributed by atoms with van der Waals surface area (Å²) in [6.45, 7) is 3.66. The van der Waals surface area contributed by atoms with Crippen molar-refractivity contribution < 1.29 is 4.74 Å². The van der Waals surface area contributed by atoms with Crippen LogP contribution in [0.1, 0.15) is 0 Å². The van der Waals surface area contributed by atoms with Gasteiger partial charge in [-0.15, -0.1) is 11.7 Å². The van der Waals surface area contributed by atoms with Gasteiger partial charge in [0.25, 0.3) is 0 Å². The molecule has 1 aromatic heterocycles. The molecule has 0 saturated heterocycles. The highest BCUT2D eigenvalue weighted by atomic mass is 32.2. The monoisotopic (exact) mass is 247 g/mol. The number of nitrogens with zero attached hydrogens (tertiary/aromatic N) is 2. The Hall–Kier alpha value is -1.75. The summed E-state index contributed by atoms with van der Waals surface area (Å²) in [5.41, 5.74) is 0.910. The Morgan fingerprint density at radius 3 is 3.06 bits per heavy atom. The number of ether oxygens (including phenoxy) is 1. The lowest BCUT2D eigenvalue weighted by molar-refractivity contribution is 0.416. The number of H-pyrrole nitrogens is 1.